The molecule has 0 radical (unpaired) electrons. The van der Waals surface area contributed by atoms with Crippen LogP contribution in [0.15, 0.2) is 30.3 Å². The van der Waals surface area contributed by atoms with E-state index in [9.17, 15) is 9.59 Å². The van der Waals surface area contributed by atoms with Gasteiger partial charge in [-0.15, -0.1) is 0 Å². The highest BCUT2D eigenvalue weighted by atomic mass is 16.5. The maximum Gasteiger partial charge on any atom is 0.334 e. The molecule has 0 spiro atoms. The van der Waals surface area contributed by atoms with Crippen LogP contribution >= 0.6 is 0 Å². The quantitative estimate of drug-likeness (QED) is 0.610. The van der Waals surface area contributed by atoms with Crippen LogP contribution in [-0.2, 0) is 20.9 Å². The van der Waals surface area contributed by atoms with E-state index < -0.39 is 11.5 Å². The zero-order valence-electron chi connectivity index (χ0n) is 11.0. The predicted octanol–water partition coefficient (Wildman–Crippen LogP) is 1.54. The third-order valence-electron chi connectivity index (χ3n) is 4.37. The molecule has 19 heavy (non-hydrogen) atoms. The summed E-state index contributed by atoms with van der Waals surface area (Å²) < 4.78 is 4.89. The second-order valence-corrected chi connectivity index (χ2v) is 5.29. The van der Waals surface area contributed by atoms with Crippen LogP contribution in [-0.4, -0.2) is 35.3 Å². The van der Waals surface area contributed by atoms with E-state index in [1.807, 2.05) is 35.2 Å². The number of Topliss-reactive ketones (excluding diaryl/α,β-unsaturated/α-hetero) is 1. The molecular formula is C15H17NO3. The van der Waals surface area contributed by atoms with Gasteiger partial charge in [0.25, 0.3) is 0 Å². The SMILES string of the molecule is COC(=O)C12CCC(CC1=O)N2Cc1ccccc1. The Morgan fingerprint density at radius 2 is 2.16 bits per heavy atom. The van der Waals surface area contributed by atoms with E-state index in [-0.39, 0.29) is 11.8 Å². The van der Waals surface area contributed by atoms with Crippen molar-refractivity contribution in [3.05, 3.63) is 35.9 Å². The van der Waals surface area contributed by atoms with Crippen LogP contribution in [0.25, 0.3) is 0 Å². The molecule has 2 aliphatic heterocycles. The summed E-state index contributed by atoms with van der Waals surface area (Å²) in [5.41, 5.74) is 0.104. The molecule has 0 N–H and O–H groups in total. The molecule has 2 atom stereocenters. The Kier molecular flexibility index (Phi) is 2.90. The van der Waals surface area contributed by atoms with Gasteiger partial charge in [0.2, 0.25) is 0 Å². The van der Waals surface area contributed by atoms with E-state index in [1.54, 1.807) is 0 Å². The van der Waals surface area contributed by atoms with Gasteiger partial charge in [-0.2, -0.15) is 0 Å². The molecule has 1 aromatic rings. The number of nitrogens with zero attached hydrogens (tertiary/aromatic N) is 1. The monoisotopic (exact) mass is 259 g/mol. The minimum absolute atomic E-state index is 0.0199. The molecule has 2 fully saturated rings. The first-order chi connectivity index (χ1) is 9.18. The molecule has 2 heterocycles. The summed E-state index contributed by atoms with van der Waals surface area (Å²) in [4.78, 5) is 26.4. The first kappa shape index (κ1) is 12.4. The Morgan fingerprint density at radius 3 is 2.79 bits per heavy atom. The Bertz CT molecular complexity index is 513. The fraction of sp³-hybridized carbons (Fsp3) is 0.467. The van der Waals surface area contributed by atoms with Crippen molar-refractivity contribution in [2.24, 2.45) is 0 Å². The number of carbonyl (C=O) groups excluding carboxylic acids is 2. The first-order valence-electron chi connectivity index (χ1n) is 6.61. The van der Waals surface area contributed by atoms with Crippen LogP contribution in [0, 0.1) is 0 Å². The Hall–Kier alpha value is -1.68. The molecule has 4 nitrogen and oxygen atoms in total. The minimum atomic E-state index is -1.02. The molecule has 4 heteroatoms. The number of hydrogen-bond donors (Lipinski definition) is 0. The van der Waals surface area contributed by atoms with Crippen molar-refractivity contribution in [3.63, 3.8) is 0 Å². The number of ketones is 1. The lowest BCUT2D eigenvalue weighted by Gasteiger charge is -2.30. The van der Waals surface area contributed by atoms with Crippen LogP contribution in [0.3, 0.4) is 0 Å². The normalized spacial score (nSPS) is 29.7. The topological polar surface area (TPSA) is 46.6 Å². The van der Waals surface area contributed by atoms with Gasteiger partial charge in [0.1, 0.15) is 0 Å². The van der Waals surface area contributed by atoms with Gasteiger partial charge in [-0.05, 0) is 18.4 Å². The highest BCUT2D eigenvalue weighted by Crippen LogP contribution is 2.45. The number of esters is 1. The standard InChI is InChI=1S/C15H17NO3/c1-19-14(18)15-8-7-12(9-13(15)17)16(15)10-11-5-3-2-4-6-11/h2-6,12H,7-10H2,1H3. The summed E-state index contributed by atoms with van der Waals surface area (Å²) in [6.45, 7) is 0.631. The van der Waals surface area contributed by atoms with E-state index in [0.29, 0.717) is 19.4 Å². The number of rotatable bonds is 3. The number of fused-ring (bicyclic) bond motifs is 2. The van der Waals surface area contributed by atoms with Crippen molar-refractivity contribution >= 4 is 11.8 Å². The third-order valence-corrected chi connectivity index (χ3v) is 4.37. The number of carbonyl (C=O) groups is 2. The van der Waals surface area contributed by atoms with Crippen LogP contribution in [0.2, 0.25) is 0 Å². The lowest BCUT2D eigenvalue weighted by Crippen LogP contribution is -2.52. The van der Waals surface area contributed by atoms with Crippen molar-refractivity contribution in [1.29, 1.82) is 0 Å². The molecule has 2 unspecified atom stereocenters. The average molecular weight is 259 g/mol. The van der Waals surface area contributed by atoms with E-state index >= 15 is 0 Å². The predicted molar refractivity (Wildman–Crippen MR) is 69.4 cm³/mol. The Labute approximate surface area is 112 Å². The molecular weight excluding hydrogens is 242 g/mol. The van der Waals surface area contributed by atoms with Gasteiger partial charge >= 0.3 is 5.97 Å². The largest absolute Gasteiger partial charge is 0.467 e. The summed E-state index contributed by atoms with van der Waals surface area (Å²) in [6.07, 6.45) is 1.96. The van der Waals surface area contributed by atoms with Gasteiger partial charge in [0.05, 0.1) is 7.11 Å². The van der Waals surface area contributed by atoms with Crippen LogP contribution in [0.1, 0.15) is 24.8 Å². The molecule has 1 aromatic carbocycles. The van der Waals surface area contributed by atoms with Gasteiger partial charge in [-0.25, -0.2) is 4.79 Å². The molecule has 0 aromatic heterocycles. The number of ether oxygens (including phenoxy) is 1. The summed E-state index contributed by atoms with van der Waals surface area (Å²) in [6, 6.07) is 10.1. The maximum absolute atomic E-state index is 12.2. The fourth-order valence-electron chi connectivity index (χ4n) is 3.43. The van der Waals surface area contributed by atoms with Crippen LogP contribution in [0.5, 0.6) is 0 Å². The molecule has 2 bridgehead atoms. The smallest absolute Gasteiger partial charge is 0.334 e. The highest BCUT2D eigenvalue weighted by molar-refractivity contribution is 6.11. The van der Waals surface area contributed by atoms with Crippen molar-refractivity contribution in [2.45, 2.75) is 37.4 Å². The zero-order valence-corrected chi connectivity index (χ0v) is 11.0. The Balaban J connectivity index is 1.92. The van der Waals surface area contributed by atoms with E-state index in [2.05, 4.69) is 0 Å². The molecule has 0 aliphatic carbocycles. The zero-order chi connectivity index (χ0) is 13.5. The van der Waals surface area contributed by atoms with Gasteiger partial charge < -0.3 is 4.74 Å². The lowest BCUT2D eigenvalue weighted by molar-refractivity contribution is -0.156. The second kappa shape index (κ2) is 4.46. The van der Waals surface area contributed by atoms with Crippen molar-refractivity contribution in [3.8, 4) is 0 Å². The molecule has 100 valence electrons. The summed E-state index contributed by atoms with van der Waals surface area (Å²) >= 11 is 0. The van der Waals surface area contributed by atoms with Crippen molar-refractivity contribution in [2.75, 3.05) is 7.11 Å². The van der Waals surface area contributed by atoms with E-state index in [1.165, 1.54) is 7.11 Å². The molecule has 2 saturated heterocycles. The van der Waals surface area contributed by atoms with Gasteiger partial charge in [0, 0.05) is 19.0 Å². The molecule has 0 amide bonds. The number of methoxy groups -OCH3 is 1. The Morgan fingerprint density at radius 1 is 1.42 bits per heavy atom. The molecule has 2 aliphatic rings. The summed E-state index contributed by atoms with van der Waals surface area (Å²) in [5, 5.41) is 0. The third kappa shape index (κ3) is 1.70. The van der Waals surface area contributed by atoms with Gasteiger partial charge in [-0.1, -0.05) is 30.3 Å². The van der Waals surface area contributed by atoms with Gasteiger partial charge in [-0.3, -0.25) is 9.69 Å². The highest BCUT2D eigenvalue weighted by Gasteiger charge is 2.63. The average Bonchev–Trinajstić information content (AvgIpc) is 2.91. The number of benzene rings is 1. The van der Waals surface area contributed by atoms with Crippen LogP contribution < -0.4 is 0 Å². The van der Waals surface area contributed by atoms with Crippen molar-refractivity contribution < 1.29 is 14.3 Å². The summed E-state index contributed by atoms with van der Waals surface area (Å²) in [5.74, 6) is -0.375. The second-order valence-electron chi connectivity index (χ2n) is 5.29. The molecule has 3 rings (SSSR count). The van der Waals surface area contributed by atoms with Crippen LogP contribution in [0.4, 0.5) is 0 Å². The van der Waals surface area contributed by atoms with E-state index in [0.717, 1.165) is 12.0 Å². The minimum Gasteiger partial charge on any atom is -0.467 e. The van der Waals surface area contributed by atoms with E-state index in [4.69, 9.17) is 4.74 Å². The lowest BCUT2D eigenvalue weighted by atomic mass is 9.86. The summed E-state index contributed by atoms with van der Waals surface area (Å²) in [7, 11) is 1.36. The fourth-order valence-corrected chi connectivity index (χ4v) is 3.43. The maximum atomic E-state index is 12.2. The first-order valence-corrected chi connectivity index (χ1v) is 6.61. The number of hydrogen-bond acceptors (Lipinski definition) is 4. The molecule has 0 saturated carbocycles. The van der Waals surface area contributed by atoms with Gasteiger partial charge in [0.15, 0.2) is 11.3 Å². The van der Waals surface area contributed by atoms with Crippen molar-refractivity contribution in [1.82, 2.24) is 4.90 Å².